The molecule has 1 amide bonds. The van der Waals surface area contributed by atoms with E-state index >= 15 is 0 Å². The predicted molar refractivity (Wildman–Crippen MR) is 149 cm³/mol. The smallest absolute Gasteiger partial charge is 0.250 e. The molecule has 0 radical (unpaired) electrons. The lowest BCUT2D eigenvalue weighted by atomic mass is 9.71. The number of aliphatic hydroxyl groups is 7. The number of nitrogens with one attached hydrogen (secondary N) is 2. The molecule has 0 aromatic carbocycles. The number of ether oxygens (including phenoxy) is 3. The van der Waals surface area contributed by atoms with Crippen molar-refractivity contribution in [3.63, 3.8) is 0 Å². The highest BCUT2D eigenvalue weighted by Crippen LogP contribution is 2.37. The van der Waals surface area contributed by atoms with Gasteiger partial charge in [-0.3, -0.25) is 4.79 Å². The van der Waals surface area contributed by atoms with Crippen LogP contribution < -0.4 is 39.3 Å². The Morgan fingerprint density at radius 1 is 0.953 bits per heavy atom. The molecule has 3 rings (SSSR count). The summed E-state index contributed by atoms with van der Waals surface area (Å²) in [5, 5.41) is 79.1. The summed E-state index contributed by atoms with van der Waals surface area (Å²) in [7, 11) is 0. The maximum Gasteiger partial charge on any atom is 0.250 e. The summed E-state index contributed by atoms with van der Waals surface area (Å²) in [4.78, 5) is 12.6. The highest BCUT2D eigenvalue weighted by atomic mass is 16.7. The van der Waals surface area contributed by atoms with Gasteiger partial charge in [0.2, 0.25) is 5.91 Å². The number of amides is 1. The van der Waals surface area contributed by atoms with Gasteiger partial charge in [-0.05, 0) is 25.8 Å². The van der Waals surface area contributed by atoms with E-state index in [4.69, 9.17) is 42.9 Å². The first-order chi connectivity index (χ1) is 20.4. The largest absolute Gasteiger partial charge is 0.394 e. The van der Waals surface area contributed by atoms with E-state index in [1.54, 1.807) is 0 Å². The standard InChI is InChI=1S/C25H51N7O11/c26-2-1-9(34)7-31-11-4-13(35)15(6-28)41-22(11)17-10(29)3-12(32-24(40)14(36)5-27)23(20(17)38)43-25-21(39)18(30)19(37)16(8-33)42-25/h9-23,25,31,33-39H,1-8,26-30H2,(H,32,40). The van der Waals surface area contributed by atoms with Gasteiger partial charge in [-0.2, -0.15) is 0 Å². The molecule has 2 saturated heterocycles. The number of carbonyl (C=O) groups is 1. The van der Waals surface area contributed by atoms with Crippen molar-refractivity contribution in [1.29, 1.82) is 0 Å². The molecule has 3 aliphatic rings. The minimum absolute atomic E-state index is 0.00539. The van der Waals surface area contributed by atoms with E-state index < -0.39 is 110 Å². The topological polar surface area (TPSA) is 341 Å². The fraction of sp³-hybridized carbons (Fsp3) is 0.960. The average molecular weight is 626 g/mol. The second-order valence-electron chi connectivity index (χ2n) is 11.6. The van der Waals surface area contributed by atoms with Crippen LogP contribution in [0.2, 0.25) is 0 Å². The van der Waals surface area contributed by atoms with Crippen molar-refractivity contribution in [3.8, 4) is 0 Å². The van der Waals surface area contributed by atoms with Gasteiger partial charge in [0.15, 0.2) is 6.29 Å². The number of rotatable bonds is 13. The van der Waals surface area contributed by atoms with Crippen LogP contribution >= 0.6 is 0 Å². The molecule has 1 aliphatic carbocycles. The lowest BCUT2D eigenvalue weighted by Gasteiger charge is -2.52. The average Bonchev–Trinajstić information content (AvgIpc) is 2.98. The molecule has 1 saturated carbocycles. The fourth-order valence-electron chi connectivity index (χ4n) is 6.10. The third-order valence-electron chi connectivity index (χ3n) is 8.61. The Morgan fingerprint density at radius 2 is 1.65 bits per heavy atom. The van der Waals surface area contributed by atoms with Gasteiger partial charge in [0.25, 0.3) is 0 Å². The van der Waals surface area contributed by atoms with Crippen LogP contribution in [-0.2, 0) is 19.0 Å². The van der Waals surface area contributed by atoms with Crippen LogP contribution in [0.5, 0.6) is 0 Å². The third-order valence-corrected chi connectivity index (χ3v) is 8.61. The maximum absolute atomic E-state index is 12.6. The molecule has 18 nitrogen and oxygen atoms in total. The first kappa shape index (κ1) is 36.3. The Kier molecular flexibility index (Phi) is 13.9. The van der Waals surface area contributed by atoms with Crippen LogP contribution in [0.3, 0.4) is 0 Å². The summed E-state index contributed by atoms with van der Waals surface area (Å²) in [6, 6.07) is -3.75. The van der Waals surface area contributed by atoms with Crippen molar-refractivity contribution in [2.75, 3.05) is 32.8 Å². The number of aliphatic hydroxyl groups excluding tert-OH is 7. The minimum Gasteiger partial charge on any atom is -0.394 e. The summed E-state index contributed by atoms with van der Waals surface area (Å²) < 4.78 is 17.8. The summed E-state index contributed by atoms with van der Waals surface area (Å²) in [6.07, 6.45) is -13.1. The molecule has 2 heterocycles. The predicted octanol–water partition coefficient (Wildman–Crippen LogP) is -8.20. The van der Waals surface area contributed by atoms with E-state index in [0.29, 0.717) is 6.42 Å². The SMILES string of the molecule is NCCC(O)CNC1CC(O)C(CN)OC1C1C(N)CC(NC(=O)C(O)CN)C(OC2OC(CO)C(O)C(N)C2O)C1O. The zero-order valence-electron chi connectivity index (χ0n) is 24.0. The van der Waals surface area contributed by atoms with Crippen LogP contribution in [0.4, 0.5) is 0 Å². The summed E-state index contributed by atoms with van der Waals surface area (Å²) >= 11 is 0. The molecule has 0 aromatic rings. The zero-order chi connectivity index (χ0) is 32.0. The van der Waals surface area contributed by atoms with E-state index in [9.17, 15) is 40.5 Å². The highest BCUT2D eigenvalue weighted by Gasteiger charge is 2.54. The first-order valence-electron chi connectivity index (χ1n) is 14.7. The number of nitrogens with two attached hydrogens (primary N) is 5. The molecule has 16 unspecified atom stereocenters. The molecule has 2 aliphatic heterocycles. The van der Waals surface area contributed by atoms with Crippen molar-refractivity contribution in [2.45, 2.75) is 111 Å². The van der Waals surface area contributed by atoms with Crippen LogP contribution in [0.25, 0.3) is 0 Å². The van der Waals surface area contributed by atoms with Crippen molar-refractivity contribution in [3.05, 3.63) is 0 Å². The Morgan fingerprint density at radius 3 is 2.26 bits per heavy atom. The summed E-state index contributed by atoms with van der Waals surface area (Å²) in [5.41, 5.74) is 29.3. The Bertz CT molecular complexity index is 866. The van der Waals surface area contributed by atoms with Gasteiger partial charge >= 0.3 is 0 Å². The number of hydrogen-bond donors (Lipinski definition) is 14. The molecule has 18 heteroatoms. The number of hydrogen-bond acceptors (Lipinski definition) is 17. The van der Waals surface area contributed by atoms with E-state index in [-0.39, 0.29) is 39.0 Å². The van der Waals surface area contributed by atoms with E-state index in [2.05, 4.69) is 10.6 Å². The fourth-order valence-corrected chi connectivity index (χ4v) is 6.10. The molecule has 0 spiro atoms. The molecule has 252 valence electrons. The molecule has 43 heavy (non-hydrogen) atoms. The molecule has 0 bridgehead atoms. The molecule has 19 N–H and O–H groups in total. The molecule has 0 aromatic heterocycles. The first-order valence-corrected chi connectivity index (χ1v) is 14.7. The molecule has 3 fully saturated rings. The van der Waals surface area contributed by atoms with Crippen molar-refractivity contribution < 1.29 is 54.8 Å². The Hall–Kier alpha value is -1.17. The van der Waals surface area contributed by atoms with Gasteiger partial charge in [0.05, 0.1) is 49.2 Å². The summed E-state index contributed by atoms with van der Waals surface area (Å²) in [6.45, 7) is -0.680. The molecule has 16 atom stereocenters. The van der Waals surface area contributed by atoms with Gasteiger partial charge in [0, 0.05) is 37.6 Å². The van der Waals surface area contributed by atoms with Crippen LogP contribution in [-0.4, -0.2) is 166 Å². The second-order valence-corrected chi connectivity index (χ2v) is 11.6. The highest BCUT2D eigenvalue weighted by molar-refractivity contribution is 5.81. The second kappa shape index (κ2) is 16.4. The van der Waals surface area contributed by atoms with Gasteiger partial charge in [-0.1, -0.05) is 0 Å². The normalized spacial score (nSPS) is 43.6. The van der Waals surface area contributed by atoms with E-state index in [0.717, 1.165) is 0 Å². The van der Waals surface area contributed by atoms with Gasteiger partial charge in [-0.15, -0.1) is 0 Å². The van der Waals surface area contributed by atoms with Gasteiger partial charge in [0.1, 0.15) is 30.5 Å². The van der Waals surface area contributed by atoms with E-state index in [1.807, 2.05) is 0 Å². The zero-order valence-corrected chi connectivity index (χ0v) is 24.0. The summed E-state index contributed by atoms with van der Waals surface area (Å²) in [5.74, 6) is -1.75. The van der Waals surface area contributed by atoms with Gasteiger partial charge in [-0.25, -0.2) is 0 Å². The van der Waals surface area contributed by atoms with Crippen molar-refractivity contribution >= 4 is 5.91 Å². The minimum atomic E-state index is -1.59. The number of carbonyl (C=O) groups excluding carboxylic acids is 1. The lowest BCUT2D eigenvalue weighted by molar-refractivity contribution is -0.307. The molecular weight excluding hydrogens is 574 g/mol. The quantitative estimate of drug-likeness (QED) is 0.0903. The Balaban J connectivity index is 1.92. The third kappa shape index (κ3) is 8.55. The van der Waals surface area contributed by atoms with Gasteiger partial charge < -0.3 is 89.3 Å². The lowest BCUT2D eigenvalue weighted by Crippen LogP contribution is -2.70. The van der Waals surface area contributed by atoms with Crippen molar-refractivity contribution in [2.24, 2.45) is 34.6 Å². The van der Waals surface area contributed by atoms with Crippen LogP contribution in [0.15, 0.2) is 0 Å². The maximum atomic E-state index is 12.6. The Labute approximate surface area is 249 Å². The van der Waals surface area contributed by atoms with Crippen molar-refractivity contribution in [1.82, 2.24) is 10.6 Å². The monoisotopic (exact) mass is 625 g/mol. The van der Waals surface area contributed by atoms with E-state index in [1.165, 1.54) is 0 Å². The van der Waals surface area contributed by atoms with Crippen LogP contribution in [0, 0.1) is 5.92 Å². The van der Waals surface area contributed by atoms with Crippen LogP contribution in [0.1, 0.15) is 19.3 Å². The molecular formula is C25H51N7O11.